The molecule has 0 aliphatic rings. The summed E-state index contributed by atoms with van der Waals surface area (Å²) in [5.41, 5.74) is 0. The standard InChI is InChI=1S/C24H46O3/c1-3-4-5-6-7-11-14-17-20-23(25)21-18-15-12-9-8-10-13-16-19-22-24(26)27-2/h3-22H2,1-2H3. The lowest BCUT2D eigenvalue weighted by atomic mass is 10.0. The minimum Gasteiger partial charge on any atom is -0.469 e. The van der Waals surface area contributed by atoms with Gasteiger partial charge in [-0.1, -0.05) is 96.8 Å². The molecule has 27 heavy (non-hydrogen) atoms. The number of hydrogen-bond donors (Lipinski definition) is 0. The zero-order valence-corrected chi connectivity index (χ0v) is 18.4. The van der Waals surface area contributed by atoms with Crippen LogP contribution in [0.2, 0.25) is 0 Å². The van der Waals surface area contributed by atoms with Gasteiger partial charge in [0.25, 0.3) is 0 Å². The predicted molar refractivity (Wildman–Crippen MR) is 115 cm³/mol. The number of methoxy groups -OCH3 is 1. The normalized spacial score (nSPS) is 10.9. The summed E-state index contributed by atoms with van der Waals surface area (Å²) in [6, 6.07) is 0. The second-order valence-corrected chi connectivity index (χ2v) is 8.02. The van der Waals surface area contributed by atoms with E-state index in [0.717, 1.165) is 38.5 Å². The average molecular weight is 383 g/mol. The molecule has 0 saturated carbocycles. The van der Waals surface area contributed by atoms with Gasteiger partial charge in [-0.3, -0.25) is 9.59 Å². The molecule has 0 aliphatic carbocycles. The third kappa shape index (κ3) is 21.3. The molecule has 0 amide bonds. The molecule has 3 heteroatoms. The Labute approximate surface area is 169 Å². The number of ether oxygens (including phenoxy) is 1. The molecule has 0 aromatic rings. The first kappa shape index (κ1) is 26.1. The lowest BCUT2D eigenvalue weighted by molar-refractivity contribution is -0.140. The van der Waals surface area contributed by atoms with Crippen LogP contribution in [0, 0.1) is 0 Å². The Hall–Kier alpha value is -0.860. The molecule has 0 spiro atoms. The number of Topliss-reactive ketones (excluding diaryl/α,β-unsaturated/α-hetero) is 1. The molecule has 160 valence electrons. The predicted octanol–water partition coefficient (Wildman–Crippen LogP) is 7.55. The van der Waals surface area contributed by atoms with E-state index in [1.807, 2.05) is 0 Å². The maximum atomic E-state index is 11.9. The zero-order valence-electron chi connectivity index (χ0n) is 18.4. The Morgan fingerprint density at radius 1 is 0.519 bits per heavy atom. The van der Waals surface area contributed by atoms with Crippen molar-refractivity contribution in [3.05, 3.63) is 0 Å². The lowest BCUT2D eigenvalue weighted by Crippen LogP contribution is -1.99. The highest BCUT2D eigenvalue weighted by molar-refractivity contribution is 5.78. The van der Waals surface area contributed by atoms with Crippen molar-refractivity contribution in [1.82, 2.24) is 0 Å². The lowest BCUT2D eigenvalue weighted by Gasteiger charge is -2.04. The van der Waals surface area contributed by atoms with Gasteiger partial charge in [0.15, 0.2) is 0 Å². The second-order valence-electron chi connectivity index (χ2n) is 8.02. The highest BCUT2D eigenvalue weighted by Crippen LogP contribution is 2.13. The molecule has 0 radical (unpaired) electrons. The average Bonchev–Trinajstić information content (AvgIpc) is 2.67. The maximum Gasteiger partial charge on any atom is 0.305 e. The molecule has 0 rings (SSSR count). The highest BCUT2D eigenvalue weighted by Gasteiger charge is 2.02. The molecule has 0 bridgehead atoms. The van der Waals surface area contributed by atoms with E-state index in [1.54, 1.807) is 0 Å². The summed E-state index contributed by atoms with van der Waals surface area (Å²) in [4.78, 5) is 22.9. The van der Waals surface area contributed by atoms with E-state index < -0.39 is 0 Å². The Balaban J connectivity index is 3.18. The van der Waals surface area contributed by atoms with Crippen LogP contribution in [0.4, 0.5) is 0 Å². The van der Waals surface area contributed by atoms with Crippen LogP contribution in [0.3, 0.4) is 0 Å². The summed E-state index contributed by atoms with van der Waals surface area (Å²) in [6.07, 6.45) is 23.2. The number of hydrogen-bond acceptors (Lipinski definition) is 3. The van der Waals surface area contributed by atoms with Crippen LogP contribution in [-0.4, -0.2) is 18.9 Å². The quantitative estimate of drug-likeness (QED) is 0.152. The van der Waals surface area contributed by atoms with Gasteiger partial charge < -0.3 is 4.74 Å². The van der Waals surface area contributed by atoms with Crippen molar-refractivity contribution in [3.8, 4) is 0 Å². The zero-order chi connectivity index (χ0) is 20.0. The molecule has 0 aromatic carbocycles. The Bertz CT molecular complexity index is 339. The van der Waals surface area contributed by atoms with Crippen LogP contribution < -0.4 is 0 Å². The molecule has 0 heterocycles. The second kappa shape index (κ2) is 21.4. The van der Waals surface area contributed by atoms with Gasteiger partial charge in [-0.15, -0.1) is 0 Å². The van der Waals surface area contributed by atoms with Gasteiger partial charge >= 0.3 is 5.97 Å². The first-order valence-corrected chi connectivity index (χ1v) is 11.8. The summed E-state index contributed by atoms with van der Waals surface area (Å²) in [6.45, 7) is 2.25. The maximum absolute atomic E-state index is 11.9. The van der Waals surface area contributed by atoms with Gasteiger partial charge in [-0.05, 0) is 19.3 Å². The van der Waals surface area contributed by atoms with Gasteiger partial charge in [0.1, 0.15) is 5.78 Å². The van der Waals surface area contributed by atoms with Gasteiger partial charge in [0.2, 0.25) is 0 Å². The van der Waals surface area contributed by atoms with Crippen molar-refractivity contribution in [1.29, 1.82) is 0 Å². The summed E-state index contributed by atoms with van der Waals surface area (Å²) >= 11 is 0. The van der Waals surface area contributed by atoms with Gasteiger partial charge in [0, 0.05) is 19.3 Å². The van der Waals surface area contributed by atoms with E-state index >= 15 is 0 Å². The number of rotatable bonds is 21. The molecular formula is C24H46O3. The molecule has 3 nitrogen and oxygen atoms in total. The SMILES string of the molecule is CCCCCCCCCCC(=O)CCCCCCCCCCCC(=O)OC. The van der Waals surface area contributed by atoms with E-state index in [1.165, 1.54) is 90.6 Å². The van der Waals surface area contributed by atoms with Crippen molar-refractivity contribution in [2.45, 2.75) is 135 Å². The third-order valence-corrected chi connectivity index (χ3v) is 5.37. The van der Waals surface area contributed by atoms with E-state index in [2.05, 4.69) is 11.7 Å². The molecule has 0 fully saturated rings. The van der Waals surface area contributed by atoms with Crippen LogP contribution in [0.25, 0.3) is 0 Å². The first-order chi connectivity index (χ1) is 13.2. The van der Waals surface area contributed by atoms with Crippen molar-refractivity contribution < 1.29 is 14.3 Å². The summed E-state index contributed by atoms with van der Waals surface area (Å²) in [7, 11) is 1.45. The molecule has 0 N–H and O–H groups in total. The summed E-state index contributed by atoms with van der Waals surface area (Å²) in [5.74, 6) is 0.388. The van der Waals surface area contributed by atoms with Crippen LogP contribution >= 0.6 is 0 Å². The third-order valence-electron chi connectivity index (χ3n) is 5.37. The molecule has 0 saturated heterocycles. The number of carbonyl (C=O) groups is 2. The van der Waals surface area contributed by atoms with Crippen molar-refractivity contribution in [2.24, 2.45) is 0 Å². The monoisotopic (exact) mass is 382 g/mol. The fraction of sp³-hybridized carbons (Fsp3) is 0.917. The molecular weight excluding hydrogens is 336 g/mol. The molecule has 0 aliphatic heterocycles. The molecule has 0 aromatic heterocycles. The summed E-state index contributed by atoms with van der Waals surface area (Å²) in [5, 5.41) is 0. The van der Waals surface area contributed by atoms with Gasteiger partial charge in [0.05, 0.1) is 7.11 Å². The van der Waals surface area contributed by atoms with Gasteiger partial charge in [-0.25, -0.2) is 0 Å². The van der Waals surface area contributed by atoms with Crippen molar-refractivity contribution in [2.75, 3.05) is 7.11 Å². The van der Waals surface area contributed by atoms with E-state index in [9.17, 15) is 9.59 Å². The van der Waals surface area contributed by atoms with Crippen LogP contribution in [0.15, 0.2) is 0 Å². The number of ketones is 1. The van der Waals surface area contributed by atoms with Gasteiger partial charge in [-0.2, -0.15) is 0 Å². The van der Waals surface area contributed by atoms with E-state index in [-0.39, 0.29) is 5.97 Å². The fourth-order valence-corrected chi connectivity index (χ4v) is 3.51. The minimum atomic E-state index is -0.0908. The first-order valence-electron chi connectivity index (χ1n) is 11.8. The largest absolute Gasteiger partial charge is 0.469 e. The topological polar surface area (TPSA) is 43.4 Å². The number of unbranched alkanes of at least 4 members (excludes halogenated alkanes) is 15. The van der Waals surface area contributed by atoms with Crippen LogP contribution in [0.1, 0.15) is 135 Å². The Kier molecular flexibility index (Phi) is 20.8. The minimum absolute atomic E-state index is 0.0908. The van der Waals surface area contributed by atoms with Crippen molar-refractivity contribution >= 4 is 11.8 Å². The van der Waals surface area contributed by atoms with Crippen molar-refractivity contribution in [3.63, 3.8) is 0 Å². The number of carbonyl (C=O) groups excluding carboxylic acids is 2. The molecule has 0 unspecified atom stereocenters. The highest BCUT2D eigenvalue weighted by atomic mass is 16.5. The van der Waals surface area contributed by atoms with Crippen LogP contribution in [0.5, 0.6) is 0 Å². The smallest absolute Gasteiger partial charge is 0.305 e. The van der Waals surface area contributed by atoms with Crippen LogP contribution in [-0.2, 0) is 14.3 Å². The summed E-state index contributed by atoms with van der Waals surface area (Å²) < 4.78 is 4.64. The van der Waals surface area contributed by atoms with E-state index in [4.69, 9.17) is 0 Å². The van der Waals surface area contributed by atoms with E-state index in [0.29, 0.717) is 12.2 Å². The number of esters is 1. The molecule has 0 atom stereocenters. The fourth-order valence-electron chi connectivity index (χ4n) is 3.51. The Morgan fingerprint density at radius 3 is 1.22 bits per heavy atom. The Morgan fingerprint density at radius 2 is 0.852 bits per heavy atom.